The van der Waals surface area contributed by atoms with Gasteiger partial charge in [-0.2, -0.15) is 5.10 Å². The van der Waals surface area contributed by atoms with Gasteiger partial charge in [0, 0.05) is 0 Å². The molecule has 1 aliphatic rings. The van der Waals surface area contributed by atoms with E-state index in [0.29, 0.717) is 18.6 Å². The van der Waals surface area contributed by atoms with Gasteiger partial charge in [0.2, 0.25) is 0 Å². The van der Waals surface area contributed by atoms with Gasteiger partial charge in [0.05, 0.1) is 5.71 Å². The van der Waals surface area contributed by atoms with E-state index < -0.39 is 11.6 Å². The number of hydrogen-bond acceptors (Lipinski definition) is 3. The Morgan fingerprint density at radius 1 is 1.43 bits per heavy atom. The van der Waals surface area contributed by atoms with Crippen molar-refractivity contribution >= 4 is 11.7 Å². The second-order valence-corrected chi connectivity index (χ2v) is 3.77. The van der Waals surface area contributed by atoms with Gasteiger partial charge in [0.25, 0.3) is 0 Å². The molecule has 5 heteroatoms. The number of rotatable bonds is 2. The molecule has 80 valence electrons. The minimum atomic E-state index is -0.847. The minimum Gasteiger partial charge on any atom is -0.384 e. The molecule has 0 saturated heterocycles. The number of carbonyl (C=O) groups is 1. The summed E-state index contributed by atoms with van der Waals surface area (Å²) in [4.78, 5) is 10.4. The van der Waals surface area contributed by atoms with Crippen LogP contribution >= 0.6 is 0 Å². The van der Waals surface area contributed by atoms with Crippen LogP contribution in [0, 0.1) is 0 Å². The average molecular weight is 199 g/mol. The van der Waals surface area contributed by atoms with Crippen LogP contribution in [0.2, 0.25) is 0 Å². The second kappa shape index (κ2) is 4.41. The molecule has 0 atom stereocenters. The standard InChI is InChI=1S/C9H17N3O2/c1-7(11-12-8(10)13)9(14)5-3-2-4-6-9/h14H,2-6H2,1H3,(H3,10,12,13)/b11-7-. The summed E-state index contributed by atoms with van der Waals surface area (Å²) in [5.74, 6) is 0. The number of carbonyl (C=O) groups excluding carboxylic acids is 1. The van der Waals surface area contributed by atoms with Crippen molar-refractivity contribution in [2.45, 2.75) is 44.6 Å². The first-order valence-corrected chi connectivity index (χ1v) is 4.87. The van der Waals surface area contributed by atoms with Crippen molar-refractivity contribution in [3.8, 4) is 0 Å². The molecule has 0 aromatic heterocycles. The van der Waals surface area contributed by atoms with E-state index in [1.165, 1.54) is 0 Å². The van der Waals surface area contributed by atoms with Gasteiger partial charge < -0.3 is 10.8 Å². The van der Waals surface area contributed by atoms with Gasteiger partial charge in [-0.15, -0.1) is 0 Å². The van der Waals surface area contributed by atoms with Crippen LogP contribution in [-0.2, 0) is 0 Å². The normalized spacial score (nSPS) is 21.7. The number of urea groups is 1. The quantitative estimate of drug-likeness (QED) is 0.452. The second-order valence-electron chi connectivity index (χ2n) is 3.77. The topological polar surface area (TPSA) is 87.7 Å². The SMILES string of the molecule is C/C(=N/NC(N)=O)C1(O)CCCCC1. The van der Waals surface area contributed by atoms with Gasteiger partial charge in [-0.05, 0) is 19.8 Å². The molecule has 1 aliphatic carbocycles. The summed E-state index contributed by atoms with van der Waals surface area (Å²) in [5.41, 5.74) is 6.70. The Labute approximate surface area is 83.4 Å². The zero-order valence-corrected chi connectivity index (χ0v) is 8.42. The van der Waals surface area contributed by atoms with Gasteiger partial charge >= 0.3 is 6.03 Å². The van der Waals surface area contributed by atoms with Gasteiger partial charge in [0.1, 0.15) is 5.60 Å². The third-order valence-electron chi connectivity index (χ3n) is 2.69. The van der Waals surface area contributed by atoms with Crippen molar-refractivity contribution in [3.05, 3.63) is 0 Å². The van der Waals surface area contributed by atoms with Crippen molar-refractivity contribution in [1.29, 1.82) is 0 Å². The van der Waals surface area contributed by atoms with E-state index in [4.69, 9.17) is 5.73 Å². The lowest BCUT2D eigenvalue weighted by molar-refractivity contribution is 0.0699. The van der Waals surface area contributed by atoms with Crippen LogP contribution < -0.4 is 11.2 Å². The van der Waals surface area contributed by atoms with Crippen LogP contribution in [0.4, 0.5) is 4.79 Å². The number of nitrogens with one attached hydrogen (secondary N) is 1. The summed E-state index contributed by atoms with van der Waals surface area (Å²) >= 11 is 0. The molecule has 1 fully saturated rings. The Morgan fingerprint density at radius 3 is 2.50 bits per heavy atom. The van der Waals surface area contributed by atoms with E-state index >= 15 is 0 Å². The third kappa shape index (κ3) is 2.70. The number of hydrogen-bond donors (Lipinski definition) is 3. The maximum atomic E-state index is 10.4. The molecule has 2 amide bonds. The summed E-state index contributed by atoms with van der Waals surface area (Å²) in [5, 5.41) is 13.9. The van der Waals surface area contributed by atoms with Crippen LogP contribution in [0.15, 0.2) is 5.10 Å². The van der Waals surface area contributed by atoms with E-state index in [1.54, 1.807) is 6.92 Å². The lowest BCUT2D eigenvalue weighted by Crippen LogP contribution is -2.40. The van der Waals surface area contributed by atoms with Crippen LogP contribution in [0.1, 0.15) is 39.0 Å². The highest BCUT2D eigenvalue weighted by molar-refractivity contribution is 5.91. The number of aliphatic hydroxyl groups is 1. The summed E-state index contributed by atoms with van der Waals surface area (Å²) in [6.07, 6.45) is 4.57. The molecule has 1 saturated carbocycles. The van der Waals surface area contributed by atoms with Crippen molar-refractivity contribution in [1.82, 2.24) is 5.43 Å². The molecule has 0 heterocycles. The Kier molecular flexibility index (Phi) is 3.46. The first kappa shape index (κ1) is 11.0. The molecule has 0 aromatic rings. The van der Waals surface area contributed by atoms with Crippen molar-refractivity contribution in [2.75, 3.05) is 0 Å². The fourth-order valence-electron chi connectivity index (χ4n) is 1.74. The highest BCUT2D eigenvalue weighted by Gasteiger charge is 2.32. The van der Waals surface area contributed by atoms with Crippen LogP contribution in [-0.4, -0.2) is 22.5 Å². The number of primary amides is 1. The number of nitrogens with two attached hydrogens (primary N) is 1. The number of nitrogens with zero attached hydrogens (tertiary/aromatic N) is 1. The molecule has 0 bridgehead atoms. The zero-order valence-electron chi connectivity index (χ0n) is 8.42. The third-order valence-corrected chi connectivity index (χ3v) is 2.69. The molecule has 0 spiro atoms. The van der Waals surface area contributed by atoms with Crippen LogP contribution in [0.3, 0.4) is 0 Å². The predicted octanol–water partition coefficient (Wildman–Crippen LogP) is 0.726. The Bertz CT molecular complexity index is 244. The first-order chi connectivity index (χ1) is 6.54. The lowest BCUT2D eigenvalue weighted by atomic mass is 9.82. The fraction of sp³-hybridized carbons (Fsp3) is 0.778. The van der Waals surface area contributed by atoms with Gasteiger partial charge in [-0.25, -0.2) is 10.2 Å². The summed E-state index contributed by atoms with van der Waals surface area (Å²) in [6.45, 7) is 1.71. The van der Waals surface area contributed by atoms with Crippen molar-refractivity contribution < 1.29 is 9.90 Å². The summed E-state index contributed by atoms with van der Waals surface area (Å²) < 4.78 is 0. The zero-order chi connectivity index (χ0) is 10.6. The lowest BCUT2D eigenvalue weighted by Gasteiger charge is -2.31. The van der Waals surface area contributed by atoms with Gasteiger partial charge in [-0.3, -0.25) is 0 Å². The average Bonchev–Trinajstić information content (AvgIpc) is 2.15. The number of amides is 2. The van der Waals surface area contributed by atoms with E-state index in [9.17, 15) is 9.90 Å². The molecule has 1 rings (SSSR count). The maximum absolute atomic E-state index is 10.4. The van der Waals surface area contributed by atoms with E-state index in [0.717, 1.165) is 19.3 Å². The van der Waals surface area contributed by atoms with Gasteiger partial charge in [-0.1, -0.05) is 19.3 Å². The molecule has 0 unspecified atom stereocenters. The van der Waals surface area contributed by atoms with Crippen molar-refractivity contribution in [3.63, 3.8) is 0 Å². The molecular weight excluding hydrogens is 182 g/mol. The molecule has 0 aliphatic heterocycles. The maximum Gasteiger partial charge on any atom is 0.332 e. The van der Waals surface area contributed by atoms with E-state index in [-0.39, 0.29) is 0 Å². The smallest absolute Gasteiger partial charge is 0.332 e. The molecular formula is C9H17N3O2. The van der Waals surface area contributed by atoms with Crippen molar-refractivity contribution in [2.24, 2.45) is 10.8 Å². The highest BCUT2D eigenvalue weighted by Crippen LogP contribution is 2.29. The molecule has 14 heavy (non-hydrogen) atoms. The summed E-state index contributed by atoms with van der Waals surface area (Å²) in [7, 11) is 0. The van der Waals surface area contributed by atoms with Crippen LogP contribution in [0.5, 0.6) is 0 Å². The van der Waals surface area contributed by atoms with Crippen LogP contribution in [0.25, 0.3) is 0 Å². The van der Waals surface area contributed by atoms with E-state index in [2.05, 4.69) is 10.5 Å². The summed E-state index contributed by atoms with van der Waals surface area (Å²) in [6, 6.07) is -0.705. The largest absolute Gasteiger partial charge is 0.384 e. The van der Waals surface area contributed by atoms with E-state index in [1.807, 2.05) is 0 Å². The molecule has 0 aromatic carbocycles. The first-order valence-electron chi connectivity index (χ1n) is 4.87. The fourth-order valence-corrected chi connectivity index (χ4v) is 1.74. The molecule has 4 N–H and O–H groups in total. The minimum absolute atomic E-state index is 0.538. The Balaban J connectivity index is 2.60. The highest BCUT2D eigenvalue weighted by atomic mass is 16.3. The molecule has 0 radical (unpaired) electrons. The molecule has 5 nitrogen and oxygen atoms in total. The number of hydrazone groups is 1. The Hall–Kier alpha value is -1.10. The predicted molar refractivity (Wildman–Crippen MR) is 53.9 cm³/mol. The van der Waals surface area contributed by atoms with Gasteiger partial charge in [0.15, 0.2) is 0 Å². The Morgan fingerprint density at radius 2 is 2.00 bits per heavy atom. The monoisotopic (exact) mass is 199 g/mol.